The number of fused-ring (bicyclic) bond motifs is 2. The molecule has 5 rings (SSSR count). The second kappa shape index (κ2) is 13.2. The normalized spacial score (nSPS) is 14.4. The third-order valence-electron chi connectivity index (χ3n) is 6.70. The Hall–Kier alpha value is -3.20. The van der Waals surface area contributed by atoms with Gasteiger partial charge in [0, 0.05) is 47.0 Å². The van der Waals surface area contributed by atoms with Crippen LogP contribution in [-0.4, -0.2) is 35.8 Å². The lowest BCUT2D eigenvalue weighted by Gasteiger charge is -2.23. The Labute approximate surface area is 236 Å². The largest absolute Gasteiger partial charge is 0.485 e. The van der Waals surface area contributed by atoms with Crippen molar-refractivity contribution in [2.24, 2.45) is 0 Å². The van der Waals surface area contributed by atoms with Crippen molar-refractivity contribution >= 4 is 28.8 Å². The van der Waals surface area contributed by atoms with Crippen LogP contribution in [0.15, 0.2) is 58.3 Å². The van der Waals surface area contributed by atoms with Crippen molar-refractivity contribution in [3.63, 3.8) is 0 Å². The molecule has 0 bridgehead atoms. The van der Waals surface area contributed by atoms with Crippen LogP contribution in [0.25, 0.3) is 5.65 Å². The van der Waals surface area contributed by atoms with Crippen LogP contribution in [0, 0.1) is 13.8 Å². The predicted octanol–water partition coefficient (Wildman–Crippen LogP) is 4.52. The maximum absolute atomic E-state index is 12.6. The number of nitrogens with zero attached hydrogens (tertiary/aromatic N) is 4. The molecule has 1 aromatic carbocycles. The molecule has 0 saturated carbocycles. The Morgan fingerprint density at radius 1 is 0.949 bits per heavy atom. The first-order chi connectivity index (χ1) is 18.8. The predicted molar refractivity (Wildman–Crippen MR) is 153 cm³/mol. The van der Waals surface area contributed by atoms with Crippen LogP contribution in [0.4, 0.5) is 0 Å². The minimum atomic E-state index is -0.606. The van der Waals surface area contributed by atoms with Crippen LogP contribution in [0.2, 0.25) is 0 Å². The molecule has 1 aliphatic heterocycles. The number of pyridine rings is 1. The molecule has 0 spiro atoms. The van der Waals surface area contributed by atoms with Gasteiger partial charge in [0.2, 0.25) is 0 Å². The summed E-state index contributed by atoms with van der Waals surface area (Å²) >= 11 is 11.4. The molecular formula is C29H32Cl2N4O4. The molecule has 0 aliphatic carbocycles. The van der Waals surface area contributed by atoms with Crippen LogP contribution in [0.1, 0.15) is 52.8 Å². The van der Waals surface area contributed by atoms with Crippen molar-refractivity contribution in [1.29, 1.82) is 0 Å². The van der Waals surface area contributed by atoms with Crippen molar-refractivity contribution in [1.82, 2.24) is 18.9 Å². The molecule has 1 atom stereocenters. The first-order valence-electron chi connectivity index (χ1n) is 12.9. The number of benzene rings is 1. The zero-order chi connectivity index (χ0) is 27.9. The number of aliphatic hydroxyl groups is 1. The van der Waals surface area contributed by atoms with E-state index in [0.717, 1.165) is 12.0 Å². The minimum absolute atomic E-state index is 0.0399. The van der Waals surface area contributed by atoms with Gasteiger partial charge in [-0.1, -0.05) is 30.3 Å². The highest BCUT2D eigenvalue weighted by Crippen LogP contribution is 2.22. The van der Waals surface area contributed by atoms with E-state index >= 15 is 0 Å². The summed E-state index contributed by atoms with van der Waals surface area (Å²) in [5.41, 5.74) is 4.19. The maximum Gasteiger partial charge on any atom is 0.261 e. The Kier molecular flexibility index (Phi) is 9.78. The van der Waals surface area contributed by atoms with E-state index in [1.165, 1.54) is 4.40 Å². The summed E-state index contributed by atoms with van der Waals surface area (Å²) in [5.74, 6) is 1.91. The molecule has 0 radical (unpaired) electrons. The summed E-state index contributed by atoms with van der Waals surface area (Å²) in [6, 6.07) is 13.5. The molecule has 0 fully saturated rings. The molecule has 3 aromatic heterocycles. The lowest BCUT2D eigenvalue weighted by Crippen LogP contribution is -2.33. The number of ether oxygens (including phenoxy) is 1. The minimum Gasteiger partial charge on any atom is -0.485 e. The van der Waals surface area contributed by atoms with Crippen molar-refractivity contribution in [2.75, 3.05) is 11.8 Å². The summed E-state index contributed by atoms with van der Waals surface area (Å²) in [6.07, 6.45) is 3.65. The second-order valence-electron chi connectivity index (χ2n) is 9.35. The number of alkyl halides is 2. The molecule has 206 valence electrons. The molecule has 0 saturated heterocycles. The van der Waals surface area contributed by atoms with E-state index in [0.29, 0.717) is 83.9 Å². The van der Waals surface area contributed by atoms with Gasteiger partial charge in [0.15, 0.2) is 11.4 Å². The lowest BCUT2D eigenvalue weighted by atomic mass is 10.1. The average molecular weight is 572 g/mol. The standard InChI is InChI=1S/C18H17ClN2O2.C11H15ClN2O2/c1-13-15(9-10-19)18(22)21-11-5-8-16(17(21)20-13)23-12-14-6-3-2-4-7-14;1-7-8(4-5-12)11(16)14-6-2-3-9(15)10(14)13-7/h2-8,11H,9-10,12H2,1H3;9,15H,2-6H2,1H3. The second-order valence-corrected chi connectivity index (χ2v) is 10.1. The molecule has 1 aliphatic rings. The van der Waals surface area contributed by atoms with Gasteiger partial charge in [-0.05, 0) is 57.2 Å². The van der Waals surface area contributed by atoms with Gasteiger partial charge in [-0.25, -0.2) is 9.97 Å². The molecule has 39 heavy (non-hydrogen) atoms. The molecule has 0 amide bonds. The lowest BCUT2D eigenvalue weighted by molar-refractivity contribution is 0.130. The van der Waals surface area contributed by atoms with E-state index in [2.05, 4.69) is 9.97 Å². The summed E-state index contributed by atoms with van der Waals surface area (Å²) < 4.78 is 8.98. The molecule has 8 nitrogen and oxygen atoms in total. The Morgan fingerprint density at radius 3 is 2.31 bits per heavy atom. The topological polar surface area (TPSA) is 98.7 Å². The fourth-order valence-electron chi connectivity index (χ4n) is 4.66. The Bertz CT molecular complexity index is 1550. The smallest absolute Gasteiger partial charge is 0.261 e. The quantitative estimate of drug-likeness (QED) is 0.328. The Balaban J connectivity index is 0.000000193. The van der Waals surface area contributed by atoms with Gasteiger partial charge in [0.1, 0.15) is 18.5 Å². The zero-order valence-electron chi connectivity index (χ0n) is 22.1. The van der Waals surface area contributed by atoms with Gasteiger partial charge >= 0.3 is 0 Å². The van der Waals surface area contributed by atoms with Gasteiger partial charge in [-0.15, -0.1) is 23.2 Å². The first kappa shape index (κ1) is 28.8. The van der Waals surface area contributed by atoms with Gasteiger partial charge in [-0.3, -0.25) is 18.6 Å². The number of hydrogen-bond donors (Lipinski definition) is 1. The molecule has 1 unspecified atom stereocenters. The number of halogens is 2. The fraction of sp³-hybridized carbons (Fsp3) is 0.379. The highest BCUT2D eigenvalue weighted by atomic mass is 35.5. The summed E-state index contributed by atoms with van der Waals surface area (Å²) in [4.78, 5) is 33.6. The average Bonchev–Trinajstić information content (AvgIpc) is 2.94. The van der Waals surface area contributed by atoms with Crippen molar-refractivity contribution in [3.05, 3.63) is 103 Å². The third kappa shape index (κ3) is 6.52. The summed E-state index contributed by atoms with van der Waals surface area (Å²) in [6.45, 7) is 4.70. The monoisotopic (exact) mass is 570 g/mol. The zero-order valence-corrected chi connectivity index (χ0v) is 23.6. The Morgan fingerprint density at radius 2 is 1.62 bits per heavy atom. The van der Waals surface area contributed by atoms with Crippen molar-refractivity contribution in [2.45, 2.75) is 58.8 Å². The van der Waals surface area contributed by atoms with Crippen LogP contribution in [0.5, 0.6) is 5.75 Å². The maximum atomic E-state index is 12.6. The van der Waals surface area contributed by atoms with Crippen LogP contribution in [-0.2, 0) is 26.0 Å². The van der Waals surface area contributed by atoms with E-state index in [1.807, 2.05) is 43.3 Å². The van der Waals surface area contributed by atoms with Gasteiger partial charge < -0.3 is 9.84 Å². The van der Waals surface area contributed by atoms with Gasteiger partial charge in [0.25, 0.3) is 11.1 Å². The van der Waals surface area contributed by atoms with Crippen molar-refractivity contribution < 1.29 is 9.84 Å². The highest BCUT2D eigenvalue weighted by molar-refractivity contribution is 6.18. The first-order valence-corrected chi connectivity index (χ1v) is 14.0. The fourth-order valence-corrected chi connectivity index (χ4v) is 5.03. The van der Waals surface area contributed by atoms with E-state index in [1.54, 1.807) is 23.8 Å². The third-order valence-corrected chi connectivity index (χ3v) is 7.08. The van der Waals surface area contributed by atoms with Crippen LogP contribution >= 0.6 is 23.2 Å². The number of aromatic nitrogens is 4. The van der Waals surface area contributed by atoms with E-state index in [4.69, 9.17) is 27.9 Å². The van der Waals surface area contributed by atoms with Gasteiger partial charge in [0.05, 0.1) is 0 Å². The van der Waals surface area contributed by atoms with E-state index in [-0.39, 0.29) is 11.1 Å². The van der Waals surface area contributed by atoms with Crippen LogP contribution in [0.3, 0.4) is 0 Å². The SMILES string of the molecule is Cc1nc2c(OCc3ccccc3)cccn2c(=O)c1CCCl.Cc1nc2n(c(=O)c1CCCl)CCCC2O. The molecule has 4 heterocycles. The summed E-state index contributed by atoms with van der Waals surface area (Å²) in [5, 5.41) is 9.78. The van der Waals surface area contributed by atoms with Crippen LogP contribution < -0.4 is 15.9 Å². The molecule has 10 heteroatoms. The van der Waals surface area contributed by atoms with Crippen molar-refractivity contribution in [3.8, 4) is 5.75 Å². The molecule has 1 N–H and O–H groups in total. The number of aliphatic hydroxyl groups excluding tert-OH is 1. The van der Waals surface area contributed by atoms with E-state index < -0.39 is 6.10 Å². The molecular weight excluding hydrogens is 539 g/mol. The summed E-state index contributed by atoms with van der Waals surface area (Å²) in [7, 11) is 0. The number of hydrogen-bond acceptors (Lipinski definition) is 6. The highest BCUT2D eigenvalue weighted by Gasteiger charge is 2.23. The number of rotatable bonds is 7. The molecule has 4 aromatic rings. The number of aryl methyl sites for hydroxylation is 2. The van der Waals surface area contributed by atoms with Gasteiger partial charge in [-0.2, -0.15) is 0 Å². The van der Waals surface area contributed by atoms with E-state index in [9.17, 15) is 14.7 Å².